The van der Waals surface area contributed by atoms with Crippen LogP contribution in [0.4, 0.5) is 4.79 Å². The molecular weight excluding hydrogens is 248 g/mol. The number of hydrogen-bond acceptors (Lipinski definition) is 3. The van der Waals surface area contributed by atoms with Gasteiger partial charge in [0.25, 0.3) is 0 Å². The van der Waals surface area contributed by atoms with Gasteiger partial charge in [-0.05, 0) is 13.0 Å². The van der Waals surface area contributed by atoms with Gasteiger partial charge >= 0.3 is 12.0 Å². The molecule has 3 N–H and O–H groups in total. The first-order valence-electron chi connectivity index (χ1n) is 5.91. The molecule has 104 valence electrons. The number of nitrogens with one attached hydrogen (secondary N) is 2. The van der Waals surface area contributed by atoms with Crippen molar-refractivity contribution in [3.8, 4) is 5.75 Å². The molecule has 1 unspecified atom stereocenters. The van der Waals surface area contributed by atoms with Crippen LogP contribution in [0, 0.1) is 0 Å². The van der Waals surface area contributed by atoms with Crippen LogP contribution in [0.2, 0.25) is 0 Å². The summed E-state index contributed by atoms with van der Waals surface area (Å²) in [5, 5.41) is 13.8. The summed E-state index contributed by atoms with van der Waals surface area (Å²) in [6.45, 7) is 1.95. The molecule has 0 radical (unpaired) electrons. The fourth-order valence-electron chi connectivity index (χ4n) is 1.61. The number of urea groups is 1. The smallest absolute Gasteiger partial charge is 0.315 e. The number of carbonyl (C=O) groups excluding carboxylic acids is 1. The van der Waals surface area contributed by atoms with Crippen LogP contribution < -0.4 is 15.4 Å². The Morgan fingerprint density at radius 3 is 2.68 bits per heavy atom. The van der Waals surface area contributed by atoms with Gasteiger partial charge in [0, 0.05) is 18.2 Å². The third-order valence-corrected chi connectivity index (χ3v) is 2.49. The predicted molar refractivity (Wildman–Crippen MR) is 70.1 cm³/mol. The molecule has 1 rings (SSSR count). The summed E-state index contributed by atoms with van der Waals surface area (Å²) in [5.41, 5.74) is 0.853. The highest BCUT2D eigenvalue weighted by atomic mass is 16.5. The molecule has 6 nitrogen and oxygen atoms in total. The van der Waals surface area contributed by atoms with E-state index in [9.17, 15) is 9.59 Å². The van der Waals surface area contributed by atoms with Crippen molar-refractivity contribution in [2.45, 2.75) is 25.9 Å². The Balaban J connectivity index is 2.43. The number of carboxylic acids is 1. The molecule has 0 heterocycles. The summed E-state index contributed by atoms with van der Waals surface area (Å²) in [6, 6.07) is 6.53. The van der Waals surface area contributed by atoms with Gasteiger partial charge in [-0.15, -0.1) is 0 Å². The van der Waals surface area contributed by atoms with Gasteiger partial charge < -0.3 is 20.5 Å². The lowest BCUT2D eigenvalue weighted by molar-refractivity contribution is -0.137. The van der Waals surface area contributed by atoms with Gasteiger partial charge in [0.05, 0.1) is 13.5 Å². The number of para-hydroxylation sites is 1. The Bertz CT molecular complexity index is 448. The van der Waals surface area contributed by atoms with Crippen LogP contribution in [0.25, 0.3) is 0 Å². The van der Waals surface area contributed by atoms with E-state index in [2.05, 4.69) is 10.6 Å². The molecule has 0 aliphatic heterocycles. The van der Waals surface area contributed by atoms with Crippen LogP contribution in [-0.4, -0.2) is 30.3 Å². The van der Waals surface area contributed by atoms with E-state index < -0.39 is 18.0 Å². The molecule has 1 aromatic carbocycles. The van der Waals surface area contributed by atoms with E-state index in [4.69, 9.17) is 9.84 Å². The summed E-state index contributed by atoms with van der Waals surface area (Å²) in [6.07, 6.45) is -0.109. The number of carboxylic acid groups (broad SMARTS) is 1. The number of hydrogen-bond donors (Lipinski definition) is 3. The zero-order valence-electron chi connectivity index (χ0n) is 11.0. The molecule has 1 atom stereocenters. The van der Waals surface area contributed by atoms with Crippen molar-refractivity contribution in [3.05, 3.63) is 29.8 Å². The van der Waals surface area contributed by atoms with Gasteiger partial charge in [-0.2, -0.15) is 0 Å². The second-order valence-electron chi connectivity index (χ2n) is 4.14. The number of methoxy groups -OCH3 is 1. The van der Waals surface area contributed by atoms with E-state index in [1.165, 1.54) is 0 Å². The largest absolute Gasteiger partial charge is 0.496 e. The minimum absolute atomic E-state index is 0.109. The number of benzene rings is 1. The molecule has 19 heavy (non-hydrogen) atoms. The molecule has 2 amide bonds. The molecule has 0 bridgehead atoms. The zero-order valence-corrected chi connectivity index (χ0v) is 11.0. The molecule has 0 aliphatic carbocycles. The normalized spacial score (nSPS) is 11.5. The minimum atomic E-state index is -0.947. The lowest BCUT2D eigenvalue weighted by Crippen LogP contribution is -2.41. The molecule has 0 aliphatic rings. The number of amides is 2. The first-order chi connectivity index (χ1) is 9.02. The average molecular weight is 266 g/mol. The number of ether oxygens (including phenoxy) is 1. The van der Waals surface area contributed by atoms with Crippen LogP contribution in [0.1, 0.15) is 18.9 Å². The molecule has 1 aromatic rings. The van der Waals surface area contributed by atoms with Gasteiger partial charge in [-0.3, -0.25) is 4.79 Å². The van der Waals surface area contributed by atoms with E-state index in [-0.39, 0.29) is 6.42 Å². The predicted octanol–water partition coefficient (Wildman–Crippen LogP) is 1.36. The summed E-state index contributed by atoms with van der Waals surface area (Å²) >= 11 is 0. The second kappa shape index (κ2) is 7.25. The Morgan fingerprint density at radius 1 is 1.37 bits per heavy atom. The van der Waals surface area contributed by atoms with E-state index in [1.54, 1.807) is 14.0 Å². The van der Waals surface area contributed by atoms with Crippen LogP contribution in [0.3, 0.4) is 0 Å². The van der Waals surface area contributed by atoms with Gasteiger partial charge in [0.2, 0.25) is 0 Å². The van der Waals surface area contributed by atoms with Gasteiger partial charge in [-0.1, -0.05) is 18.2 Å². The monoisotopic (exact) mass is 266 g/mol. The summed E-state index contributed by atoms with van der Waals surface area (Å²) in [7, 11) is 1.56. The maximum atomic E-state index is 11.6. The number of aliphatic carboxylic acids is 1. The maximum absolute atomic E-state index is 11.6. The standard InChI is InChI=1S/C13H18N2O4/c1-9(7-12(16)17)15-13(18)14-8-10-5-3-4-6-11(10)19-2/h3-6,9H,7-8H2,1-2H3,(H,16,17)(H2,14,15,18). The first kappa shape index (κ1) is 14.8. The van der Waals surface area contributed by atoms with Crippen LogP contribution in [0.15, 0.2) is 24.3 Å². The van der Waals surface area contributed by atoms with Gasteiger partial charge in [0.1, 0.15) is 5.75 Å². The van der Waals surface area contributed by atoms with Crippen molar-refractivity contribution in [1.29, 1.82) is 0 Å². The van der Waals surface area contributed by atoms with Crippen molar-refractivity contribution < 1.29 is 19.4 Å². The summed E-state index contributed by atoms with van der Waals surface area (Å²) < 4.78 is 5.16. The molecular formula is C13H18N2O4. The number of rotatable bonds is 6. The van der Waals surface area contributed by atoms with E-state index in [0.29, 0.717) is 12.3 Å². The van der Waals surface area contributed by atoms with Crippen LogP contribution in [0.5, 0.6) is 5.75 Å². The lowest BCUT2D eigenvalue weighted by atomic mass is 10.2. The minimum Gasteiger partial charge on any atom is -0.496 e. The van der Waals surface area contributed by atoms with E-state index >= 15 is 0 Å². The average Bonchev–Trinajstić information content (AvgIpc) is 2.35. The highest BCUT2D eigenvalue weighted by molar-refractivity contribution is 5.75. The fourth-order valence-corrected chi connectivity index (χ4v) is 1.61. The fraction of sp³-hybridized carbons (Fsp3) is 0.385. The SMILES string of the molecule is COc1ccccc1CNC(=O)NC(C)CC(=O)O. The molecule has 0 spiro atoms. The van der Waals surface area contributed by atoms with Crippen molar-refractivity contribution in [1.82, 2.24) is 10.6 Å². The molecule has 0 aromatic heterocycles. The second-order valence-corrected chi connectivity index (χ2v) is 4.14. The van der Waals surface area contributed by atoms with Crippen LogP contribution >= 0.6 is 0 Å². The molecule has 0 fully saturated rings. The Hall–Kier alpha value is -2.24. The third-order valence-electron chi connectivity index (χ3n) is 2.49. The summed E-state index contributed by atoms with van der Waals surface area (Å²) in [4.78, 5) is 22.0. The zero-order chi connectivity index (χ0) is 14.3. The van der Waals surface area contributed by atoms with E-state index in [1.807, 2.05) is 24.3 Å². The van der Waals surface area contributed by atoms with E-state index in [0.717, 1.165) is 5.56 Å². The first-order valence-corrected chi connectivity index (χ1v) is 5.91. The third kappa shape index (κ3) is 5.29. The molecule has 0 saturated heterocycles. The summed E-state index contributed by atoms with van der Waals surface area (Å²) in [5.74, 6) is -0.251. The van der Waals surface area contributed by atoms with Crippen LogP contribution in [-0.2, 0) is 11.3 Å². The highest BCUT2D eigenvalue weighted by Crippen LogP contribution is 2.16. The topological polar surface area (TPSA) is 87.7 Å². The highest BCUT2D eigenvalue weighted by Gasteiger charge is 2.11. The lowest BCUT2D eigenvalue weighted by Gasteiger charge is -2.13. The van der Waals surface area contributed by atoms with Gasteiger partial charge in [0.15, 0.2) is 0 Å². The molecule has 0 saturated carbocycles. The van der Waals surface area contributed by atoms with Crippen molar-refractivity contribution >= 4 is 12.0 Å². The number of carbonyl (C=O) groups is 2. The van der Waals surface area contributed by atoms with Gasteiger partial charge in [-0.25, -0.2) is 4.79 Å². The Morgan fingerprint density at radius 2 is 2.05 bits per heavy atom. The maximum Gasteiger partial charge on any atom is 0.315 e. The van der Waals surface area contributed by atoms with Crippen molar-refractivity contribution in [2.24, 2.45) is 0 Å². The van der Waals surface area contributed by atoms with Crippen molar-refractivity contribution in [3.63, 3.8) is 0 Å². The quantitative estimate of drug-likeness (QED) is 0.725. The Kier molecular flexibility index (Phi) is 5.66. The van der Waals surface area contributed by atoms with Crippen molar-refractivity contribution in [2.75, 3.05) is 7.11 Å². The Labute approximate surface area is 111 Å². The molecule has 6 heteroatoms.